The Kier molecular flexibility index (Phi) is 5.56. The maximum absolute atomic E-state index is 12.0. The second-order valence-corrected chi connectivity index (χ2v) is 5.77. The number of likely N-dealkylation sites (tertiary alicyclic amines) is 1. The number of piperidine rings is 1. The van der Waals surface area contributed by atoms with E-state index in [9.17, 15) is 4.79 Å². The molecule has 2 rings (SSSR count). The molecular formula is C13H21BrN4O2. The lowest BCUT2D eigenvalue weighted by molar-refractivity contribution is 0.229. The normalized spacial score (nSPS) is 17.4. The second-order valence-electron chi connectivity index (χ2n) is 4.98. The number of hydrogen-bond donors (Lipinski definition) is 2. The number of aromatic nitrogens is 2. The Labute approximate surface area is 126 Å². The van der Waals surface area contributed by atoms with E-state index < -0.39 is 0 Å². The predicted octanol–water partition coefficient (Wildman–Crippen LogP) is 0.894. The summed E-state index contributed by atoms with van der Waals surface area (Å²) in [5.41, 5.74) is 0.522. The van der Waals surface area contributed by atoms with Crippen LogP contribution in [0.1, 0.15) is 19.8 Å². The molecule has 1 saturated heterocycles. The summed E-state index contributed by atoms with van der Waals surface area (Å²) in [6.45, 7) is 5.56. The van der Waals surface area contributed by atoms with Crippen molar-refractivity contribution in [1.29, 1.82) is 0 Å². The van der Waals surface area contributed by atoms with Gasteiger partial charge in [-0.2, -0.15) is 5.10 Å². The Morgan fingerprint density at radius 2 is 2.20 bits per heavy atom. The Morgan fingerprint density at radius 1 is 1.50 bits per heavy atom. The third kappa shape index (κ3) is 3.59. The number of rotatable bonds is 5. The molecule has 1 fully saturated rings. The average Bonchev–Trinajstić information content (AvgIpc) is 2.48. The van der Waals surface area contributed by atoms with Crippen molar-refractivity contribution >= 4 is 21.6 Å². The minimum absolute atomic E-state index is 0.0956. The van der Waals surface area contributed by atoms with Crippen LogP contribution in [0.4, 0.5) is 5.69 Å². The van der Waals surface area contributed by atoms with Gasteiger partial charge in [0, 0.05) is 19.1 Å². The molecule has 0 bridgehead atoms. The molecule has 0 spiro atoms. The Balaban J connectivity index is 2.03. The molecule has 1 aliphatic rings. The van der Waals surface area contributed by atoms with Gasteiger partial charge in [0.1, 0.15) is 4.47 Å². The molecular weight excluding hydrogens is 324 g/mol. The lowest BCUT2D eigenvalue weighted by Crippen LogP contribution is -2.39. The first kappa shape index (κ1) is 15.5. The highest BCUT2D eigenvalue weighted by Crippen LogP contribution is 2.21. The average molecular weight is 345 g/mol. The van der Waals surface area contributed by atoms with E-state index in [1.54, 1.807) is 6.20 Å². The maximum Gasteiger partial charge on any atom is 0.283 e. The van der Waals surface area contributed by atoms with E-state index in [0.29, 0.717) is 10.5 Å². The predicted molar refractivity (Wildman–Crippen MR) is 82.0 cm³/mol. The summed E-state index contributed by atoms with van der Waals surface area (Å²) in [6.07, 6.45) is 3.79. The van der Waals surface area contributed by atoms with Gasteiger partial charge in [-0.3, -0.25) is 4.79 Å². The molecule has 0 aromatic carbocycles. The third-order valence-corrected chi connectivity index (χ3v) is 4.46. The highest BCUT2D eigenvalue weighted by atomic mass is 79.9. The second kappa shape index (κ2) is 7.19. The minimum Gasteiger partial charge on any atom is -0.394 e. The van der Waals surface area contributed by atoms with Crippen LogP contribution in [0.3, 0.4) is 0 Å². The lowest BCUT2D eigenvalue weighted by atomic mass is 10.1. The van der Waals surface area contributed by atoms with Crippen molar-refractivity contribution in [3.63, 3.8) is 0 Å². The molecule has 0 atom stereocenters. The number of aliphatic hydroxyl groups excluding tert-OH is 1. The third-order valence-electron chi connectivity index (χ3n) is 3.69. The van der Waals surface area contributed by atoms with Gasteiger partial charge in [0.15, 0.2) is 0 Å². The number of halogens is 1. The summed E-state index contributed by atoms with van der Waals surface area (Å²) >= 11 is 3.33. The monoisotopic (exact) mass is 344 g/mol. The van der Waals surface area contributed by atoms with Gasteiger partial charge >= 0.3 is 0 Å². The van der Waals surface area contributed by atoms with E-state index in [-0.39, 0.29) is 18.7 Å². The highest BCUT2D eigenvalue weighted by molar-refractivity contribution is 9.10. The molecule has 1 aromatic rings. The molecule has 6 nitrogen and oxygen atoms in total. The van der Waals surface area contributed by atoms with Crippen LogP contribution in [-0.2, 0) is 6.54 Å². The first-order chi connectivity index (χ1) is 9.65. The van der Waals surface area contributed by atoms with Gasteiger partial charge in [0.2, 0.25) is 0 Å². The molecule has 112 valence electrons. The van der Waals surface area contributed by atoms with Gasteiger partial charge in [-0.1, -0.05) is 6.92 Å². The highest BCUT2D eigenvalue weighted by Gasteiger charge is 2.19. The summed E-state index contributed by atoms with van der Waals surface area (Å²) in [5.74, 6) is 0. The number of hydrogen-bond acceptors (Lipinski definition) is 5. The van der Waals surface area contributed by atoms with Crippen molar-refractivity contribution in [2.24, 2.45) is 0 Å². The summed E-state index contributed by atoms with van der Waals surface area (Å²) in [5, 5.41) is 16.3. The molecule has 0 unspecified atom stereocenters. The van der Waals surface area contributed by atoms with Gasteiger partial charge in [-0.05, 0) is 35.3 Å². The van der Waals surface area contributed by atoms with Crippen molar-refractivity contribution in [1.82, 2.24) is 14.7 Å². The number of nitrogens with one attached hydrogen (secondary N) is 1. The summed E-state index contributed by atoms with van der Waals surface area (Å²) in [4.78, 5) is 14.4. The zero-order valence-electron chi connectivity index (χ0n) is 11.7. The van der Waals surface area contributed by atoms with Gasteiger partial charge < -0.3 is 15.3 Å². The first-order valence-electron chi connectivity index (χ1n) is 7.01. The molecule has 0 aliphatic carbocycles. The smallest absolute Gasteiger partial charge is 0.283 e. The quantitative estimate of drug-likeness (QED) is 0.830. The van der Waals surface area contributed by atoms with Crippen LogP contribution in [0, 0.1) is 0 Å². The molecule has 2 heterocycles. The van der Waals surface area contributed by atoms with Crippen LogP contribution in [-0.4, -0.2) is 52.1 Å². The Morgan fingerprint density at radius 3 is 2.80 bits per heavy atom. The number of nitrogens with zero attached hydrogens (tertiary/aromatic N) is 3. The largest absolute Gasteiger partial charge is 0.394 e. The molecule has 1 aliphatic heterocycles. The maximum atomic E-state index is 12.0. The van der Waals surface area contributed by atoms with E-state index in [1.165, 1.54) is 4.68 Å². The molecule has 0 saturated carbocycles. The van der Waals surface area contributed by atoms with Crippen LogP contribution < -0.4 is 10.9 Å². The Bertz CT molecular complexity index is 498. The van der Waals surface area contributed by atoms with Crippen LogP contribution in [0.5, 0.6) is 0 Å². The Hall–Kier alpha value is -0.920. The SMILES string of the molecule is CCN1CCC(Nc2cnn(CCO)c(=O)c2Br)CC1. The zero-order chi connectivity index (χ0) is 14.5. The van der Waals surface area contributed by atoms with Crippen LogP contribution in [0.15, 0.2) is 15.5 Å². The minimum atomic E-state index is -0.213. The lowest BCUT2D eigenvalue weighted by Gasteiger charge is -2.32. The fourth-order valence-electron chi connectivity index (χ4n) is 2.43. The van der Waals surface area contributed by atoms with Crippen LogP contribution in [0.25, 0.3) is 0 Å². The van der Waals surface area contributed by atoms with E-state index in [0.717, 1.165) is 38.2 Å². The van der Waals surface area contributed by atoms with Crippen LogP contribution >= 0.6 is 15.9 Å². The van der Waals surface area contributed by atoms with E-state index in [2.05, 4.69) is 38.2 Å². The standard InChI is InChI=1S/C13H21BrN4O2/c1-2-17-5-3-10(4-6-17)16-11-9-15-18(7-8-19)13(20)12(11)14/h9-10,16,19H,2-8H2,1H3. The van der Waals surface area contributed by atoms with E-state index >= 15 is 0 Å². The molecule has 2 N–H and O–H groups in total. The van der Waals surface area contributed by atoms with E-state index in [1.807, 2.05) is 0 Å². The fraction of sp³-hybridized carbons (Fsp3) is 0.692. The van der Waals surface area contributed by atoms with Crippen molar-refractivity contribution in [2.45, 2.75) is 32.4 Å². The molecule has 0 amide bonds. The van der Waals surface area contributed by atoms with Gasteiger partial charge in [-0.15, -0.1) is 0 Å². The summed E-state index contributed by atoms with van der Waals surface area (Å²) in [6, 6.07) is 0.379. The van der Waals surface area contributed by atoms with Gasteiger partial charge in [-0.25, -0.2) is 4.68 Å². The number of anilines is 1. The van der Waals surface area contributed by atoms with Gasteiger partial charge in [0.05, 0.1) is 25.0 Å². The molecule has 1 aromatic heterocycles. The van der Waals surface area contributed by atoms with E-state index in [4.69, 9.17) is 5.11 Å². The van der Waals surface area contributed by atoms with Crippen molar-refractivity contribution in [3.05, 3.63) is 21.0 Å². The fourth-order valence-corrected chi connectivity index (χ4v) is 2.85. The summed E-state index contributed by atoms with van der Waals surface area (Å²) in [7, 11) is 0. The van der Waals surface area contributed by atoms with Crippen molar-refractivity contribution in [2.75, 3.05) is 31.6 Å². The number of aliphatic hydroxyl groups is 1. The summed E-state index contributed by atoms with van der Waals surface area (Å²) < 4.78 is 1.74. The zero-order valence-corrected chi connectivity index (χ0v) is 13.3. The van der Waals surface area contributed by atoms with Crippen LogP contribution in [0.2, 0.25) is 0 Å². The molecule has 20 heavy (non-hydrogen) atoms. The molecule has 7 heteroatoms. The van der Waals surface area contributed by atoms with Crippen molar-refractivity contribution < 1.29 is 5.11 Å². The van der Waals surface area contributed by atoms with Gasteiger partial charge in [0.25, 0.3) is 5.56 Å². The first-order valence-corrected chi connectivity index (χ1v) is 7.80. The topological polar surface area (TPSA) is 70.4 Å². The molecule has 0 radical (unpaired) electrons. The van der Waals surface area contributed by atoms with Crippen molar-refractivity contribution in [3.8, 4) is 0 Å².